The minimum atomic E-state index is -0.228. The second-order valence-corrected chi connectivity index (χ2v) is 5.49. The van der Waals surface area contributed by atoms with Crippen LogP contribution in [-0.2, 0) is 0 Å². The maximum absolute atomic E-state index is 9.33. The van der Waals surface area contributed by atoms with E-state index in [2.05, 4.69) is 6.07 Å². The lowest BCUT2D eigenvalue weighted by Crippen LogP contribution is -2.16. The van der Waals surface area contributed by atoms with Gasteiger partial charge in [0.25, 0.3) is 0 Å². The first kappa shape index (κ1) is 11.3. The van der Waals surface area contributed by atoms with Crippen LogP contribution < -0.4 is 4.74 Å². The Morgan fingerprint density at radius 2 is 2.00 bits per heavy atom. The largest absolute Gasteiger partial charge is 0.496 e. The van der Waals surface area contributed by atoms with Crippen molar-refractivity contribution in [3.8, 4) is 11.8 Å². The molecule has 0 bridgehead atoms. The van der Waals surface area contributed by atoms with Gasteiger partial charge in [-0.3, -0.25) is 0 Å². The van der Waals surface area contributed by atoms with Gasteiger partial charge in [0, 0.05) is 0 Å². The highest BCUT2D eigenvalue weighted by Crippen LogP contribution is 2.47. The van der Waals surface area contributed by atoms with Crippen molar-refractivity contribution in [3.05, 3.63) is 24.3 Å². The first-order valence-electron chi connectivity index (χ1n) is 5.53. The Labute approximate surface area is 101 Å². The molecule has 0 amide bonds. The first-order chi connectivity index (χ1) is 7.79. The lowest BCUT2D eigenvalue weighted by molar-refractivity contribution is 0.404. The summed E-state index contributed by atoms with van der Waals surface area (Å²) in [6, 6.07) is 10.4. The summed E-state index contributed by atoms with van der Waals surface area (Å²) >= 11 is 1.66. The van der Waals surface area contributed by atoms with Crippen molar-refractivity contribution in [2.24, 2.45) is 0 Å². The Hall–Kier alpha value is -1.14. The molecule has 84 valence electrons. The molecule has 0 heterocycles. The van der Waals surface area contributed by atoms with Crippen molar-refractivity contribution in [2.45, 2.75) is 35.3 Å². The van der Waals surface area contributed by atoms with Gasteiger partial charge >= 0.3 is 0 Å². The van der Waals surface area contributed by atoms with E-state index in [1.54, 1.807) is 18.9 Å². The number of hydrogen-bond donors (Lipinski definition) is 0. The van der Waals surface area contributed by atoms with Crippen LogP contribution in [0.3, 0.4) is 0 Å². The molecule has 0 saturated heterocycles. The molecule has 1 fully saturated rings. The minimum absolute atomic E-state index is 0.228. The molecule has 1 aliphatic carbocycles. The maximum Gasteiger partial charge on any atom is 0.132 e. The topological polar surface area (TPSA) is 33.0 Å². The van der Waals surface area contributed by atoms with Crippen LogP contribution in [0.4, 0.5) is 0 Å². The average molecular weight is 233 g/mol. The maximum atomic E-state index is 9.33. The van der Waals surface area contributed by atoms with Crippen molar-refractivity contribution in [1.82, 2.24) is 0 Å². The zero-order valence-electron chi connectivity index (χ0n) is 9.40. The van der Waals surface area contributed by atoms with Crippen molar-refractivity contribution in [1.29, 1.82) is 5.26 Å². The van der Waals surface area contributed by atoms with Gasteiger partial charge < -0.3 is 4.74 Å². The first-order valence-corrected chi connectivity index (χ1v) is 6.35. The third-order valence-electron chi connectivity index (χ3n) is 2.99. The van der Waals surface area contributed by atoms with Gasteiger partial charge in [-0.15, -0.1) is 11.8 Å². The summed E-state index contributed by atoms with van der Waals surface area (Å²) in [6.45, 7) is 0. The lowest BCUT2D eigenvalue weighted by atomic mass is 10.1. The van der Waals surface area contributed by atoms with Crippen LogP contribution in [-0.4, -0.2) is 11.9 Å². The van der Waals surface area contributed by atoms with E-state index in [1.165, 1.54) is 0 Å². The van der Waals surface area contributed by atoms with Gasteiger partial charge in [-0.1, -0.05) is 25.0 Å². The van der Waals surface area contributed by atoms with Crippen LogP contribution in [0.15, 0.2) is 29.2 Å². The van der Waals surface area contributed by atoms with Gasteiger partial charge in [0.05, 0.1) is 18.1 Å². The molecule has 0 spiro atoms. The Kier molecular flexibility index (Phi) is 3.40. The molecule has 1 aromatic carbocycles. The quantitative estimate of drug-likeness (QED) is 0.799. The molecular formula is C13H15NOS. The van der Waals surface area contributed by atoms with Crippen LogP contribution in [0.1, 0.15) is 25.7 Å². The summed E-state index contributed by atoms with van der Waals surface area (Å²) in [4.78, 5) is 1.08. The fourth-order valence-electron chi connectivity index (χ4n) is 2.10. The summed E-state index contributed by atoms with van der Waals surface area (Å²) < 4.78 is 5.09. The van der Waals surface area contributed by atoms with Crippen LogP contribution in [0.2, 0.25) is 0 Å². The number of methoxy groups -OCH3 is 1. The Bertz CT molecular complexity index is 405. The zero-order valence-corrected chi connectivity index (χ0v) is 10.2. The molecule has 0 unspecified atom stereocenters. The van der Waals surface area contributed by atoms with Gasteiger partial charge in [0.1, 0.15) is 10.5 Å². The van der Waals surface area contributed by atoms with Gasteiger partial charge in [-0.25, -0.2) is 0 Å². The number of hydrogen-bond acceptors (Lipinski definition) is 3. The monoisotopic (exact) mass is 233 g/mol. The Morgan fingerprint density at radius 3 is 2.62 bits per heavy atom. The van der Waals surface area contributed by atoms with E-state index in [9.17, 15) is 5.26 Å². The molecule has 0 radical (unpaired) electrons. The molecular weight excluding hydrogens is 218 g/mol. The Balaban J connectivity index is 2.23. The number of benzene rings is 1. The second-order valence-electron chi connectivity index (χ2n) is 4.07. The predicted octanol–water partition coefficient (Wildman–Crippen LogP) is 3.62. The Morgan fingerprint density at radius 1 is 1.31 bits per heavy atom. The zero-order chi connectivity index (χ0) is 11.4. The van der Waals surface area contributed by atoms with Gasteiger partial charge in [-0.2, -0.15) is 5.26 Å². The van der Waals surface area contributed by atoms with E-state index < -0.39 is 0 Å². The van der Waals surface area contributed by atoms with Gasteiger partial charge in [-0.05, 0) is 25.0 Å². The van der Waals surface area contributed by atoms with Crippen LogP contribution in [0, 0.1) is 11.3 Å². The molecule has 0 N–H and O–H groups in total. The van der Waals surface area contributed by atoms with Crippen LogP contribution in [0.5, 0.6) is 5.75 Å². The normalized spacial score (nSPS) is 18.0. The third-order valence-corrected chi connectivity index (χ3v) is 4.44. The fraction of sp³-hybridized carbons (Fsp3) is 0.462. The minimum Gasteiger partial charge on any atom is -0.496 e. The van der Waals surface area contributed by atoms with Crippen molar-refractivity contribution in [3.63, 3.8) is 0 Å². The van der Waals surface area contributed by atoms with Gasteiger partial charge in [0.2, 0.25) is 0 Å². The third kappa shape index (κ3) is 2.17. The number of thioether (sulfide) groups is 1. The standard InChI is InChI=1S/C13H15NOS/c1-15-11-6-2-3-7-12(11)16-13(10-14)8-4-5-9-13/h2-3,6-7H,4-5,8-9H2,1H3. The SMILES string of the molecule is COc1ccccc1SC1(C#N)CCCC1. The number of nitriles is 1. The molecule has 16 heavy (non-hydrogen) atoms. The molecule has 2 nitrogen and oxygen atoms in total. The lowest BCUT2D eigenvalue weighted by Gasteiger charge is -2.20. The van der Waals surface area contributed by atoms with Crippen molar-refractivity contribution >= 4 is 11.8 Å². The highest BCUT2D eigenvalue weighted by Gasteiger charge is 2.35. The molecule has 0 aliphatic heterocycles. The number of para-hydroxylation sites is 1. The number of rotatable bonds is 3. The molecule has 1 saturated carbocycles. The molecule has 3 heteroatoms. The van der Waals surface area contributed by atoms with Gasteiger partial charge in [0.15, 0.2) is 0 Å². The number of ether oxygens (including phenoxy) is 1. The molecule has 1 aliphatic rings. The summed E-state index contributed by atoms with van der Waals surface area (Å²) in [5, 5.41) is 9.33. The fourth-order valence-corrected chi connectivity index (χ4v) is 3.45. The molecule has 1 aromatic rings. The predicted molar refractivity (Wildman–Crippen MR) is 65.7 cm³/mol. The van der Waals surface area contributed by atoms with Crippen molar-refractivity contribution < 1.29 is 4.74 Å². The van der Waals surface area contributed by atoms with E-state index in [0.29, 0.717) is 0 Å². The second kappa shape index (κ2) is 4.80. The summed E-state index contributed by atoms with van der Waals surface area (Å²) in [5.41, 5.74) is 0. The van der Waals surface area contributed by atoms with E-state index in [4.69, 9.17) is 4.74 Å². The van der Waals surface area contributed by atoms with Crippen LogP contribution in [0.25, 0.3) is 0 Å². The van der Waals surface area contributed by atoms with E-state index in [1.807, 2.05) is 24.3 Å². The highest BCUT2D eigenvalue weighted by atomic mass is 32.2. The smallest absolute Gasteiger partial charge is 0.132 e. The van der Waals surface area contributed by atoms with Crippen LogP contribution >= 0.6 is 11.8 Å². The summed E-state index contributed by atoms with van der Waals surface area (Å²) in [5.74, 6) is 0.869. The average Bonchev–Trinajstić information content (AvgIpc) is 2.79. The molecule has 0 aromatic heterocycles. The highest BCUT2D eigenvalue weighted by molar-refractivity contribution is 8.01. The van der Waals surface area contributed by atoms with E-state index in [-0.39, 0.29) is 4.75 Å². The molecule has 2 rings (SSSR count). The van der Waals surface area contributed by atoms with Crippen molar-refractivity contribution in [2.75, 3.05) is 7.11 Å². The summed E-state index contributed by atoms with van der Waals surface area (Å²) in [7, 11) is 1.67. The number of nitrogens with zero attached hydrogens (tertiary/aromatic N) is 1. The summed E-state index contributed by atoms with van der Waals surface area (Å²) in [6.07, 6.45) is 4.31. The van der Waals surface area contributed by atoms with E-state index in [0.717, 1.165) is 36.3 Å². The van der Waals surface area contributed by atoms with E-state index >= 15 is 0 Å². The molecule has 0 atom stereocenters.